The number of nitrogens with one attached hydrogen (secondary N) is 1. The number of nitrogens with zero attached hydrogens (tertiary/aromatic N) is 2. The Morgan fingerprint density at radius 2 is 1.64 bits per heavy atom. The molecule has 6 nitrogen and oxygen atoms in total. The van der Waals surface area contributed by atoms with Gasteiger partial charge in [-0.3, -0.25) is 14.4 Å². The lowest BCUT2D eigenvalue weighted by molar-refractivity contribution is -0.138. The molecule has 2 aromatic rings. The van der Waals surface area contributed by atoms with Crippen LogP contribution < -0.4 is 10.2 Å². The van der Waals surface area contributed by atoms with Gasteiger partial charge in [0.25, 0.3) is 0 Å². The number of carbonyl (C=O) groups is 3. The molecule has 0 saturated carbocycles. The third kappa shape index (κ3) is 5.10. The molecule has 2 aromatic carbocycles. The Morgan fingerprint density at radius 1 is 0.970 bits per heavy atom. The molecule has 0 aromatic heterocycles. The van der Waals surface area contributed by atoms with Crippen LogP contribution in [-0.2, 0) is 14.4 Å². The molecule has 2 fully saturated rings. The monoisotopic (exact) mass is 447 g/mol. The predicted octanol–water partition coefficient (Wildman–Crippen LogP) is 4.35. The van der Waals surface area contributed by atoms with Gasteiger partial charge in [0.15, 0.2) is 0 Å². The minimum Gasteiger partial charge on any atom is -0.342 e. The number of hydrogen-bond acceptors (Lipinski definition) is 3. The van der Waals surface area contributed by atoms with E-state index in [1.807, 2.05) is 60.4 Å². The van der Waals surface area contributed by atoms with E-state index < -0.39 is 0 Å². The number of likely N-dealkylation sites (tertiary alicyclic amines) is 1. The zero-order valence-corrected chi connectivity index (χ0v) is 19.7. The lowest BCUT2D eigenvalue weighted by atomic mass is 9.94. The van der Waals surface area contributed by atoms with Gasteiger partial charge in [-0.05, 0) is 49.4 Å². The number of amides is 3. The van der Waals surface area contributed by atoms with Crippen molar-refractivity contribution in [3.05, 3.63) is 59.7 Å². The zero-order chi connectivity index (χ0) is 23.5. The van der Waals surface area contributed by atoms with Gasteiger partial charge < -0.3 is 15.1 Å². The number of piperidine rings is 1. The van der Waals surface area contributed by atoms with Crippen LogP contribution >= 0.6 is 0 Å². The van der Waals surface area contributed by atoms with Crippen LogP contribution in [0.25, 0.3) is 0 Å². The average molecular weight is 448 g/mol. The second-order valence-electron chi connectivity index (χ2n) is 9.57. The first-order valence-electron chi connectivity index (χ1n) is 11.9. The molecule has 6 heteroatoms. The maximum atomic E-state index is 13.1. The molecular weight excluding hydrogens is 414 g/mol. The number of benzene rings is 2. The summed E-state index contributed by atoms with van der Waals surface area (Å²) in [5.74, 6) is -0.0470. The zero-order valence-electron chi connectivity index (χ0n) is 19.7. The number of carbonyl (C=O) groups excluding carboxylic acids is 3. The van der Waals surface area contributed by atoms with Crippen LogP contribution in [0.3, 0.4) is 0 Å². The molecule has 174 valence electrons. The first-order valence-corrected chi connectivity index (χ1v) is 11.9. The quantitative estimate of drug-likeness (QED) is 0.741. The van der Waals surface area contributed by atoms with Gasteiger partial charge in [0, 0.05) is 43.3 Å². The molecule has 2 aliphatic rings. The predicted molar refractivity (Wildman–Crippen MR) is 130 cm³/mol. The lowest BCUT2D eigenvalue weighted by Gasteiger charge is -2.33. The highest BCUT2D eigenvalue weighted by atomic mass is 16.2. The Kier molecular flexibility index (Phi) is 6.82. The number of rotatable bonds is 5. The van der Waals surface area contributed by atoms with Gasteiger partial charge >= 0.3 is 0 Å². The number of hydrogen-bond donors (Lipinski definition) is 1. The van der Waals surface area contributed by atoms with Crippen molar-refractivity contribution < 1.29 is 14.4 Å². The summed E-state index contributed by atoms with van der Waals surface area (Å²) in [5.41, 5.74) is 3.98. The van der Waals surface area contributed by atoms with Crippen LogP contribution in [-0.4, -0.2) is 42.3 Å². The van der Waals surface area contributed by atoms with Gasteiger partial charge in [0.2, 0.25) is 17.7 Å². The summed E-state index contributed by atoms with van der Waals surface area (Å²) in [6.07, 6.45) is 1.53. The molecule has 4 rings (SSSR count). The van der Waals surface area contributed by atoms with Crippen LogP contribution in [0.2, 0.25) is 0 Å². The summed E-state index contributed by atoms with van der Waals surface area (Å²) in [6, 6.07) is 15.7. The van der Waals surface area contributed by atoms with Gasteiger partial charge in [-0.15, -0.1) is 0 Å². The Balaban J connectivity index is 1.32. The van der Waals surface area contributed by atoms with E-state index in [1.165, 1.54) is 0 Å². The van der Waals surface area contributed by atoms with Gasteiger partial charge in [-0.2, -0.15) is 0 Å². The third-order valence-corrected chi connectivity index (χ3v) is 6.84. The summed E-state index contributed by atoms with van der Waals surface area (Å²) >= 11 is 0. The van der Waals surface area contributed by atoms with Gasteiger partial charge in [-0.25, -0.2) is 0 Å². The molecule has 0 radical (unpaired) electrons. The summed E-state index contributed by atoms with van der Waals surface area (Å²) < 4.78 is 0. The highest BCUT2D eigenvalue weighted by Gasteiger charge is 2.38. The smallest absolute Gasteiger partial charge is 0.228 e. The number of para-hydroxylation sites is 1. The Morgan fingerprint density at radius 3 is 2.30 bits per heavy atom. The molecular formula is C27H33N3O3. The second kappa shape index (κ2) is 9.77. The van der Waals surface area contributed by atoms with E-state index in [2.05, 4.69) is 19.2 Å². The molecule has 1 atom stereocenters. The fourth-order valence-corrected chi connectivity index (χ4v) is 4.82. The summed E-state index contributed by atoms with van der Waals surface area (Å²) in [5, 5.41) is 3.10. The standard InChI is InChI=1S/C27H33N3O3/c1-18(2)23-6-4-5-7-24(23)28-26(32)20-12-14-29(15-13-20)27(33)21-16-25(31)30(17-21)22-10-8-19(3)9-11-22/h4-11,18,20-21H,12-17H2,1-3H3,(H,28,32)/t21-/m0/s1. The minimum atomic E-state index is -0.318. The van der Waals surface area contributed by atoms with Crippen molar-refractivity contribution in [2.75, 3.05) is 29.9 Å². The number of anilines is 2. The summed E-state index contributed by atoms with van der Waals surface area (Å²) in [6.45, 7) is 7.77. The normalized spacial score (nSPS) is 19.3. The van der Waals surface area contributed by atoms with Crippen LogP contribution in [0.15, 0.2) is 48.5 Å². The fourth-order valence-electron chi connectivity index (χ4n) is 4.82. The van der Waals surface area contributed by atoms with Crippen molar-refractivity contribution in [3.8, 4) is 0 Å². The highest BCUT2D eigenvalue weighted by molar-refractivity contribution is 6.00. The first-order chi connectivity index (χ1) is 15.8. The third-order valence-electron chi connectivity index (χ3n) is 6.84. The maximum Gasteiger partial charge on any atom is 0.228 e. The van der Waals surface area contributed by atoms with Gasteiger partial charge in [-0.1, -0.05) is 49.7 Å². The second-order valence-corrected chi connectivity index (χ2v) is 9.57. The van der Waals surface area contributed by atoms with E-state index in [1.54, 1.807) is 4.90 Å². The van der Waals surface area contributed by atoms with Crippen molar-refractivity contribution in [1.29, 1.82) is 0 Å². The largest absolute Gasteiger partial charge is 0.342 e. The van der Waals surface area contributed by atoms with Crippen LogP contribution in [0, 0.1) is 18.8 Å². The van der Waals surface area contributed by atoms with E-state index in [4.69, 9.17) is 0 Å². The van der Waals surface area contributed by atoms with Crippen molar-refractivity contribution in [2.24, 2.45) is 11.8 Å². The molecule has 3 amide bonds. The minimum absolute atomic E-state index is 0.00437. The van der Waals surface area contributed by atoms with Crippen LogP contribution in [0.5, 0.6) is 0 Å². The fraction of sp³-hybridized carbons (Fsp3) is 0.444. The molecule has 1 N–H and O–H groups in total. The molecule has 0 bridgehead atoms. The maximum absolute atomic E-state index is 13.1. The highest BCUT2D eigenvalue weighted by Crippen LogP contribution is 2.29. The molecule has 33 heavy (non-hydrogen) atoms. The summed E-state index contributed by atoms with van der Waals surface area (Å²) in [4.78, 5) is 42.1. The van der Waals surface area contributed by atoms with E-state index in [0.717, 1.165) is 22.5 Å². The summed E-state index contributed by atoms with van der Waals surface area (Å²) in [7, 11) is 0. The Hall–Kier alpha value is -3.15. The first kappa shape index (κ1) is 23.0. The van der Waals surface area contributed by atoms with Crippen molar-refractivity contribution in [1.82, 2.24) is 4.90 Å². The molecule has 2 aliphatic heterocycles. The van der Waals surface area contributed by atoms with Crippen molar-refractivity contribution in [3.63, 3.8) is 0 Å². The van der Waals surface area contributed by atoms with Crippen LogP contribution in [0.4, 0.5) is 11.4 Å². The Labute approximate surface area is 196 Å². The molecule has 2 saturated heterocycles. The molecule has 0 spiro atoms. The SMILES string of the molecule is Cc1ccc(N2C[C@@H](C(=O)N3CCC(C(=O)Nc4ccccc4C(C)C)CC3)CC2=O)cc1. The lowest BCUT2D eigenvalue weighted by Crippen LogP contribution is -2.44. The van der Waals surface area contributed by atoms with Crippen molar-refractivity contribution in [2.45, 2.75) is 46.0 Å². The van der Waals surface area contributed by atoms with Gasteiger partial charge in [0.1, 0.15) is 0 Å². The van der Waals surface area contributed by atoms with Crippen molar-refractivity contribution >= 4 is 29.1 Å². The van der Waals surface area contributed by atoms with Gasteiger partial charge in [0.05, 0.1) is 5.92 Å². The van der Waals surface area contributed by atoms with E-state index in [-0.39, 0.29) is 36.0 Å². The topological polar surface area (TPSA) is 69.7 Å². The Bertz CT molecular complexity index is 1020. The molecule has 0 unspecified atom stereocenters. The van der Waals surface area contributed by atoms with E-state index >= 15 is 0 Å². The average Bonchev–Trinajstić information content (AvgIpc) is 3.21. The molecule has 2 heterocycles. The van der Waals surface area contributed by atoms with E-state index in [0.29, 0.717) is 38.4 Å². The number of aryl methyl sites for hydroxylation is 1. The molecule has 0 aliphatic carbocycles. The van der Waals surface area contributed by atoms with E-state index in [9.17, 15) is 14.4 Å². The van der Waals surface area contributed by atoms with Crippen LogP contribution in [0.1, 0.15) is 50.2 Å².